The molecule has 1 aromatic rings. The van der Waals surface area contributed by atoms with E-state index in [1.54, 1.807) is 0 Å². The highest BCUT2D eigenvalue weighted by molar-refractivity contribution is 6.49. The van der Waals surface area contributed by atoms with Gasteiger partial charge >= 0.3 is 5.97 Å². The molecule has 0 saturated carbocycles. The first kappa shape index (κ1) is 15.9. The maximum atomic E-state index is 11.0. The molecule has 0 aliphatic rings. The van der Waals surface area contributed by atoms with Crippen LogP contribution in [0.25, 0.3) is 0 Å². The second-order valence-electron chi connectivity index (χ2n) is 3.60. The van der Waals surface area contributed by atoms with Crippen molar-refractivity contribution in [2.75, 3.05) is 7.11 Å². The molecule has 0 aliphatic carbocycles. The van der Waals surface area contributed by atoms with Crippen LogP contribution in [0.4, 0.5) is 0 Å². The van der Waals surface area contributed by atoms with Gasteiger partial charge in [-0.15, -0.1) is 0 Å². The SMILES string of the molecule is COC(=O)CCC(N)c1c(Cl)cc(Cl)c(Cl)c1Cl. The fourth-order valence-corrected chi connectivity index (χ4v) is 2.64. The summed E-state index contributed by atoms with van der Waals surface area (Å²) in [6.45, 7) is 0. The van der Waals surface area contributed by atoms with E-state index >= 15 is 0 Å². The van der Waals surface area contributed by atoms with Crippen molar-refractivity contribution in [2.24, 2.45) is 5.73 Å². The van der Waals surface area contributed by atoms with Crippen molar-refractivity contribution in [1.82, 2.24) is 0 Å². The Morgan fingerprint density at radius 2 is 1.89 bits per heavy atom. The van der Waals surface area contributed by atoms with Crippen LogP contribution in [0.5, 0.6) is 0 Å². The monoisotopic (exact) mass is 329 g/mol. The van der Waals surface area contributed by atoms with Gasteiger partial charge < -0.3 is 10.5 Å². The summed E-state index contributed by atoms with van der Waals surface area (Å²) in [6, 6.07) is 0.962. The number of esters is 1. The smallest absolute Gasteiger partial charge is 0.305 e. The van der Waals surface area contributed by atoms with Crippen LogP contribution < -0.4 is 5.73 Å². The Morgan fingerprint density at radius 3 is 2.44 bits per heavy atom. The average Bonchev–Trinajstić information content (AvgIpc) is 2.33. The predicted octanol–water partition coefficient (Wildman–Crippen LogP) is 4.25. The van der Waals surface area contributed by atoms with E-state index in [9.17, 15) is 4.79 Å². The Labute approximate surface area is 125 Å². The van der Waals surface area contributed by atoms with E-state index in [1.807, 2.05) is 0 Å². The summed E-state index contributed by atoms with van der Waals surface area (Å²) >= 11 is 23.8. The predicted molar refractivity (Wildman–Crippen MR) is 74.7 cm³/mol. The maximum absolute atomic E-state index is 11.0. The number of carbonyl (C=O) groups is 1. The number of benzene rings is 1. The van der Waals surface area contributed by atoms with Gasteiger partial charge in [-0.25, -0.2) is 0 Å². The fraction of sp³-hybridized carbons (Fsp3) is 0.364. The first-order valence-corrected chi connectivity index (χ1v) is 6.55. The van der Waals surface area contributed by atoms with E-state index in [0.29, 0.717) is 17.0 Å². The molecular formula is C11H11Cl4NO2. The molecule has 0 heterocycles. The van der Waals surface area contributed by atoms with Gasteiger partial charge in [-0.3, -0.25) is 4.79 Å². The minimum atomic E-state index is -0.515. The number of nitrogens with two attached hydrogens (primary N) is 1. The van der Waals surface area contributed by atoms with E-state index < -0.39 is 6.04 Å². The van der Waals surface area contributed by atoms with E-state index in [4.69, 9.17) is 52.1 Å². The van der Waals surface area contributed by atoms with Crippen LogP contribution in [0, 0.1) is 0 Å². The molecule has 0 aliphatic heterocycles. The summed E-state index contributed by atoms with van der Waals surface area (Å²) in [5.74, 6) is -0.349. The van der Waals surface area contributed by atoms with Crippen molar-refractivity contribution in [3.05, 3.63) is 31.7 Å². The number of rotatable bonds is 4. The molecule has 0 radical (unpaired) electrons. The van der Waals surface area contributed by atoms with Crippen LogP contribution in [0.3, 0.4) is 0 Å². The van der Waals surface area contributed by atoms with Crippen molar-refractivity contribution in [3.63, 3.8) is 0 Å². The minimum absolute atomic E-state index is 0.171. The largest absolute Gasteiger partial charge is 0.469 e. The second kappa shape index (κ2) is 6.83. The average molecular weight is 331 g/mol. The van der Waals surface area contributed by atoms with Gasteiger partial charge in [0.25, 0.3) is 0 Å². The van der Waals surface area contributed by atoms with Gasteiger partial charge in [0.1, 0.15) is 0 Å². The molecule has 0 aromatic heterocycles. The molecule has 7 heteroatoms. The zero-order valence-corrected chi connectivity index (χ0v) is 12.5. The highest BCUT2D eigenvalue weighted by Gasteiger charge is 2.20. The van der Waals surface area contributed by atoms with Crippen molar-refractivity contribution >= 4 is 52.4 Å². The lowest BCUT2D eigenvalue weighted by molar-refractivity contribution is -0.140. The zero-order chi connectivity index (χ0) is 13.9. The molecule has 1 unspecified atom stereocenters. The lowest BCUT2D eigenvalue weighted by Crippen LogP contribution is -2.14. The Balaban J connectivity index is 2.95. The molecule has 100 valence electrons. The maximum Gasteiger partial charge on any atom is 0.305 e. The molecule has 0 bridgehead atoms. The van der Waals surface area contributed by atoms with Crippen LogP contribution in [0.1, 0.15) is 24.4 Å². The number of methoxy groups -OCH3 is 1. The summed E-state index contributed by atoms with van der Waals surface area (Å²) in [5.41, 5.74) is 6.42. The van der Waals surface area contributed by atoms with Crippen molar-refractivity contribution < 1.29 is 9.53 Å². The topological polar surface area (TPSA) is 52.3 Å². The second-order valence-corrected chi connectivity index (χ2v) is 5.17. The highest BCUT2D eigenvalue weighted by atomic mass is 35.5. The van der Waals surface area contributed by atoms with Gasteiger partial charge in [-0.1, -0.05) is 46.4 Å². The van der Waals surface area contributed by atoms with Gasteiger partial charge in [-0.2, -0.15) is 0 Å². The molecule has 0 fully saturated rings. The van der Waals surface area contributed by atoms with Crippen LogP contribution >= 0.6 is 46.4 Å². The summed E-state index contributed by atoms with van der Waals surface area (Å²) in [7, 11) is 1.31. The van der Waals surface area contributed by atoms with Gasteiger partial charge in [0.05, 0.1) is 22.2 Å². The molecule has 18 heavy (non-hydrogen) atoms. The van der Waals surface area contributed by atoms with Crippen LogP contribution in [-0.2, 0) is 9.53 Å². The summed E-state index contributed by atoms with van der Waals surface area (Å²) in [6.07, 6.45) is 0.522. The van der Waals surface area contributed by atoms with Crippen molar-refractivity contribution in [1.29, 1.82) is 0 Å². The van der Waals surface area contributed by atoms with Gasteiger partial charge in [-0.05, 0) is 12.5 Å². The lowest BCUT2D eigenvalue weighted by atomic mass is 10.0. The first-order valence-electron chi connectivity index (χ1n) is 5.03. The highest BCUT2D eigenvalue weighted by Crippen LogP contribution is 2.40. The fourth-order valence-electron chi connectivity index (χ4n) is 1.44. The third kappa shape index (κ3) is 3.65. The Kier molecular flexibility index (Phi) is 6.02. The normalized spacial score (nSPS) is 12.3. The summed E-state index contributed by atoms with van der Waals surface area (Å²) in [5, 5.41) is 1.00. The Morgan fingerprint density at radius 1 is 1.28 bits per heavy atom. The molecule has 2 N–H and O–H groups in total. The lowest BCUT2D eigenvalue weighted by Gasteiger charge is -2.16. The number of hydrogen-bond donors (Lipinski definition) is 1. The summed E-state index contributed by atoms with van der Waals surface area (Å²) < 4.78 is 4.53. The molecule has 0 saturated heterocycles. The van der Waals surface area contributed by atoms with E-state index in [0.717, 1.165) is 0 Å². The standard InChI is InChI=1S/C11H11Cl4NO2/c1-18-8(17)3-2-7(16)9-5(12)4-6(13)10(14)11(9)15/h4,7H,2-3,16H2,1H3. The molecule has 1 rings (SSSR count). The van der Waals surface area contributed by atoms with Gasteiger partial charge in [0, 0.05) is 23.0 Å². The molecule has 1 atom stereocenters. The van der Waals surface area contributed by atoms with E-state index in [1.165, 1.54) is 13.2 Å². The number of hydrogen-bond acceptors (Lipinski definition) is 3. The van der Waals surface area contributed by atoms with Crippen molar-refractivity contribution in [3.8, 4) is 0 Å². The number of halogens is 4. The number of ether oxygens (including phenoxy) is 1. The molecule has 0 spiro atoms. The number of carbonyl (C=O) groups excluding carboxylic acids is 1. The Bertz CT molecular complexity index is 465. The van der Waals surface area contributed by atoms with Gasteiger partial charge in [0.2, 0.25) is 0 Å². The minimum Gasteiger partial charge on any atom is -0.469 e. The molecule has 3 nitrogen and oxygen atoms in total. The Hall–Kier alpha value is -0.190. The van der Waals surface area contributed by atoms with Crippen LogP contribution in [0.15, 0.2) is 6.07 Å². The van der Waals surface area contributed by atoms with E-state index in [2.05, 4.69) is 4.74 Å². The van der Waals surface area contributed by atoms with Crippen molar-refractivity contribution in [2.45, 2.75) is 18.9 Å². The molecular weight excluding hydrogens is 320 g/mol. The zero-order valence-electron chi connectivity index (χ0n) is 9.47. The quantitative estimate of drug-likeness (QED) is 0.510. The summed E-state index contributed by atoms with van der Waals surface area (Å²) in [4.78, 5) is 11.0. The molecule has 1 aromatic carbocycles. The third-order valence-corrected chi connectivity index (χ3v) is 4.00. The first-order chi connectivity index (χ1) is 8.38. The van der Waals surface area contributed by atoms with Crippen LogP contribution in [0.2, 0.25) is 20.1 Å². The van der Waals surface area contributed by atoms with Gasteiger partial charge in [0.15, 0.2) is 0 Å². The van der Waals surface area contributed by atoms with E-state index in [-0.39, 0.29) is 27.5 Å². The van der Waals surface area contributed by atoms with Crippen LogP contribution in [-0.4, -0.2) is 13.1 Å². The third-order valence-electron chi connectivity index (χ3n) is 2.41. The molecule has 0 amide bonds.